The maximum atomic E-state index is 12.5. The minimum atomic E-state index is -0.538. The summed E-state index contributed by atoms with van der Waals surface area (Å²) >= 11 is 0. The smallest absolute Gasteiger partial charge is 0.325 e. The number of esters is 1. The van der Waals surface area contributed by atoms with Crippen molar-refractivity contribution in [1.82, 2.24) is 26.2 Å². The van der Waals surface area contributed by atoms with Crippen LogP contribution in [0.2, 0.25) is 0 Å². The lowest BCUT2D eigenvalue weighted by atomic mass is 9.75. The molecule has 0 atom stereocenters. The second kappa shape index (κ2) is 15.5. The Morgan fingerprint density at radius 3 is 2.21 bits per heavy atom. The number of carbonyl (C=O) groups excluding carboxylic acids is 2. The van der Waals surface area contributed by atoms with Gasteiger partial charge in [-0.15, -0.1) is 0 Å². The first-order chi connectivity index (χ1) is 18.1. The van der Waals surface area contributed by atoms with E-state index in [1.807, 2.05) is 27.8 Å². The summed E-state index contributed by atoms with van der Waals surface area (Å²) in [5.41, 5.74) is -0.538. The van der Waals surface area contributed by atoms with Gasteiger partial charge in [0, 0.05) is 38.1 Å². The van der Waals surface area contributed by atoms with E-state index in [0.717, 1.165) is 77.6 Å². The van der Waals surface area contributed by atoms with E-state index in [1.54, 1.807) is 0 Å². The van der Waals surface area contributed by atoms with Crippen molar-refractivity contribution in [3.8, 4) is 0 Å². The highest BCUT2D eigenvalue weighted by atomic mass is 16.6. The first-order valence-electron chi connectivity index (χ1n) is 14.8. The molecule has 0 aromatic heterocycles. The van der Waals surface area contributed by atoms with E-state index in [-0.39, 0.29) is 37.2 Å². The lowest BCUT2D eigenvalue weighted by Crippen LogP contribution is -2.63. The molecule has 0 unspecified atom stereocenters. The zero-order chi connectivity index (χ0) is 27.5. The van der Waals surface area contributed by atoms with Gasteiger partial charge in [-0.05, 0) is 91.0 Å². The summed E-state index contributed by atoms with van der Waals surface area (Å²) in [6, 6.07) is 0.503. The van der Waals surface area contributed by atoms with E-state index in [1.165, 1.54) is 0 Å². The normalized spacial score (nSPS) is 30.7. The summed E-state index contributed by atoms with van der Waals surface area (Å²) < 4.78 is 11.3. The molecule has 1 amide bonds. The molecular weight excluding hydrogens is 486 g/mol. The van der Waals surface area contributed by atoms with Crippen LogP contribution in [0.1, 0.15) is 72.1 Å². The van der Waals surface area contributed by atoms with Gasteiger partial charge in [-0.3, -0.25) is 25.5 Å². The lowest BCUT2D eigenvalue weighted by Gasteiger charge is -2.40. The maximum Gasteiger partial charge on any atom is 0.325 e. The van der Waals surface area contributed by atoms with E-state index >= 15 is 0 Å². The van der Waals surface area contributed by atoms with Crippen LogP contribution < -0.4 is 21.3 Å². The fourth-order valence-electron chi connectivity index (χ4n) is 5.96. The predicted octanol–water partition coefficient (Wildman–Crippen LogP) is 1.18. The number of rotatable bonds is 12. The molecule has 10 nitrogen and oxygen atoms in total. The third-order valence-corrected chi connectivity index (χ3v) is 8.19. The summed E-state index contributed by atoms with van der Waals surface area (Å²) in [5, 5.41) is 22.8. The molecule has 38 heavy (non-hydrogen) atoms. The summed E-state index contributed by atoms with van der Waals surface area (Å²) in [5.74, 6) is 0.782. The Hall–Kier alpha value is -1.30. The summed E-state index contributed by atoms with van der Waals surface area (Å²) in [6.45, 7) is 9.87. The van der Waals surface area contributed by atoms with Crippen LogP contribution in [-0.4, -0.2) is 98.9 Å². The van der Waals surface area contributed by atoms with Crippen LogP contribution in [0.25, 0.3) is 0 Å². The zero-order valence-corrected chi connectivity index (χ0v) is 24.1. The van der Waals surface area contributed by atoms with Crippen LogP contribution in [0.5, 0.6) is 0 Å². The molecule has 2 aliphatic carbocycles. The molecular formula is C28H53N5O5. The van der Waals surface area contributed by atoms with Gasteiger partial charge in [-0.1, -0.05) is 0 Å². The largest absolute Gasteiger partial charge is 0.459 e. The lowest BCUT2D eigenvalue weighted by molar-refractivity contribution is -0.154. The second-order valence-corrected chi connectivity index (χ2v) is 12.5. The van der Waals surface area contributed by atoms with Gasteiger partial charge in [-0.25, -0.2) is 0 Å². The number of hydrogen-bond donors (Lipinski definition) is 5. The molecule has 0 spiro atoms. The zero-order valence-electron chi connectivity index (χ0n) is 24.1. The van der Waals surface area contributed by atoms with Crippen molar-refractivity contribution in [2.45, 2.75) is 96.2 Å². The second-order valence-electron chi connectivity index (χ2n) is 12.5. The molecule has 0 radical (unpaired) electrons. The van der Waals surface area contributed by atoms with Crippen molar-refractivity contribution >= 4 is 11.9 Å². The predicted molar refractivity (Wildman–Crippen MR) is 147 cm³/mol. The average molecular weight is 540 g/mol. The van der Waals surface area contributed by atoms with Crippen molar-refractivity contribution in [1.29, 1.82) is 0 Å². The van der Waals surface area contributed by atoms with Gasteiger partial charge in [0.15, 0.2) is 0 Å². The van der Waals surface area contributed by atoms with Gasteiger partial charge in [-0.2, -0.15) is 0 Å². The SMILES string of the molecule is CN(CCO)CCOC1CCC(NC2NCC(C3CCC(C(=O)NCC(=O)OC(C)(C)C)CC3)CN2)CC1. The van der Waals surface area contributed by atoms with E-state index in [9.17, 15) is 9.59 Å². The number of hydrogen-bond acceptors (Lipinski definition) is 9. The number of carbonyl (C=O) groups is 2. The van der Waals surface area contributed by atoms with Gasteiger partial charge in [0.1, 0.15) is 18.4 Å². The summed E-state index contributed by atoms with van der Waals surface area (Å²) in [7, 11) is 2.01. The molecule has 1 saturated heterocycles. The topological polar surface area (TPSA) is 124 Å². The fourth-order valence-corrected chi connectivity index (χ4v) is 5.96. The third kappa shape index (κ3) is 11.1. The minimum Gasteiger partial charge on any atom is -0.459 e. The van der Waals surface area contributed by atoms with Crippen molar-refractivity contribution in [2.24, 2.45) is 17.8 Å². The number of likely N-dealkylation sites (N-methyl/N-ethyl adjacent to an activating group) is 1. The molecule has 0 aromatic rings. The molecule has 220 valence electrons. The monoisotopic (exact) mass is 539 g/mol. The van der Waals surface area contributed by atoms with Gasteiger partial charge in [0.25, 0.3) is 0 Å². The van der Waals surface area contributed by atoms with E-state index < -0.39 is 5.60 Å². The quantitative estimate of drug-likeness (QED) is 0.233. The van der Waals surface area contributed by atoms with E-state index in [2.05, 4.69) is 26.2 Å². The van der Waals surface area contributed by atoms with Crippen molar-refractivity contribution in [3.05, 3.63) is 0 Å². The van der Waals surface area contributed by atoms with Crippen molar-refractivity contribution < 1.29 is 24.2 Å². The molecule has 5 N–H and O–H groups in total. The standard InChI is InChI=1S/C28H53N5O5/c1-28(2,3)38-25(35)19-29-26(36)21-7-5-20(6-8-21)22-17-30-27(31-18-22)32-23-9-11-24(12-10-23)37-16-14-33(4)13-15-34/h20-24,27,30-32,34H,5-19H2,1-4H3,(H,29,36). The van der Waals surface area contributed by atoms with Crippen LogP contribution in [0, 0.1) is 17.8 Å². The first-order valence-corrected chi connectivity index (χ1v) is 14.8. The molecule has 3 rings (SSSR count). The minimum absolute atomic E-state index is 0.00633. The number of aliphatic hydroxyl groups excluding tert-OH is 1. The number of ether oxygens (including phenoxy) is 2. The summed E-state index contributed by atoms with van der Waals surface area (Å²) in [4.78, 5) is 26.5. The Labute approximate surface area is 229 Å². The van der Waals surface area contributed by atoms with Crippen LogP contribution >= 0.6 is 0 Å². The Balaban J connectivity index is 1.25. The van der Waals surface area contributed by atoms with Gasteiger partial charge < -0.3 is 24.8 Å². The summed E-state index contributed by atoms with van der Waals surface area (Å²) in [6.07, 6.45) is 8.79. The van der Waals surface area contributed by atoms with Gasteiger partial charge in [0.2, 0.25) is 5.91 Å². The molecule has 0 aromatic carbocycles. The maximum absolute atomic E-state index is 12.5. The number of nitrogens with one attached hydrogen (secondary N) is 4. The highest BCUT2D eigenvalue weighted by molar-refractivity contribution is 5.83. The molecule has 2 saturated carbocycles. The molecule has 10 heteroatoms. The Morgan fingerprint density at radius 2 is 1.61 bits per heavy atom. The number of amides is 1. The highest BCUT2D eigenvalue weighted by Crippen LogP contribution is 2.34. The van der Waals surface area contributed by atoms with Crippen LogP contribution in [0.3, 0.4) is 0 Å². The molecule has 0 bridgehead atoms. The van der Waals surface area contributed by atoms with Crippen LogP contribution in [0.4, 0.5) is 0 Å². The molecule has 3 fully saturated rings. The van der Waals surface area contributed by atoms with Crippen molar-refractivity contribution in [2.75, 3.05) is 53.0 Å². The van der Waals surface area contributed by atoms with Gasteiger partial charge >= 0.3 is 5.97 Å². The van der Waals surface area contributed by atoms with E-state index in [4.69, 9.17) is 14.6 Å². The highest BCUT2D eigenvalue weighted by Gasteiger charge is 2.33. The number of nitrogens with zero attached hydrogens (tertiary/aromatic N) is 1. The Kier molecular flexibility index (Phi) is 12.7. The number of aliphatic hydroxyl groups is 1. The van der Waals surface area contributed by atoms with Gasteiger partial charge in [0.05, 0.1) is 19.3 Å². The Bertz CT molecular complexity index is 709. The average Bonchev–Trinajstić information content (AvgIpc) is 2.88. The van der Waals surface area contributed by atoms with Crippen LogP contribution in [-0.2, 0) is 19.1 Å². The van der Waals surface area contributed by atoms with Crippen LogP contribution in [0.15, 0.2) is 0 Å². The third-order valence-electron chi connectivity index (χ3n) is 8.19. The first kappa shape index (κ1) is 31.2. The molecule has 1 aliphatic heterocycles. The Morgan fingerprint density at radius 1 is 0.947 bits per heavy atom. The fraction of sp³-hybridized carbons (Fsp3) is 0.929. The molecule has 3 aliphatic rings. The van der Waals surface area contributed by atoms with Crippen molar-refractivity contribution in [3.63, 3.8) is 0 Å². The molecule has 1 heterocycles. The van der Waals surface area contributed by atoms with E-state index in [0.29, 0.717) is 30.5 Å².